The lowest BCUT2D eigenvalue weighted by Gasteiger charge is -2.08. The average Bonchev–Trinajstić information content (AvgIpc) is 2.79. The number of carbonyl (C=O) groups excluding carboxylic acids is 1. The minimum atomic E-state index is -0.987. The highest BCUT2D eigenvalue weighted by Gasteiger charge is 2.12. The first-order valence-corrected chi connectivity index (χ1v) is 6.58. The molecule has 0 atom stereocenters. The van der Waals surface area contributed by atoms with Crippen molar-refractivity contribution in [3.8, 4) is 0 Å². The lowest BCUT2D eigenvalue weighted by atomic mass is 10.3. The fourth-order valence-electron chi connectivity index (χ4n) is 1.63. The van der Waals surface area contributed by atoms with Crippen molar-refractivity contribution in [1.82, 2.24) is 4.57 Å². The molecule has 0 bridgehead atoms. The van der Waals surface area contributed by atoms with Gasteiger partial charge in [0.05, 0.1) is 0 Å². The fourth-order valence-corrected chi connectivity index (χ4v) is 1.99. The molecule has 0 aliphatic rings. The summed E-state index contributed by atoms with van der Waals surface area (Å²) in [6.07, 6.45) is 1.57. The van der Waals surface area contributed by atoms with Gasteiger partial charge in [-0.1, -0.05) is 0 Å². The van der Waals surface area contributed by atoms with E-state index in [0.717, 1.165) is 3.57 Å². The van der Waals surface area contributed by atoms with Gasteiger partial charge in [0.1, 0.15) is 12.2 Å². The average molecular weight is 370 g/mol. The first-order valence-electron chi connectivity index (χ1n) is 5.50. The summed E-state index contributed by atoms with van der Waals surface area (Å²) in [4.78, 5) is 22.7. The first kappa shape index (κ1) is 13.6. The van der Waals surface area contributed by atoms with Crippen LogP contribution in [0.25, 0.3) is 0 Å². The highest BCUT2D eigenvalue weighted by Crippen LogP contribution is 2.13. The maximum absolute atomic E-state index is 12.0. The molecule has 0 radical (unpaired) electrons. The number of carboxylic acids is 1. The number of aromatic nitrogens is 1. The van der Waals surface area contributed by atoms with E-state index in [1.165, 1.54) is 4.57 Å². The Morgan fingerprint density at radius 3 is 2.53 bits per heavy atom. The predicted molar refractivity (Wildman–Crippen MR) is 79.2 cm³/mol. The molecule has 19 heavy (non-hydrogen) atoms. The number of halogens is 1. The zero-order valence-electron chi connectivity index (χ0n) is 9.84. The Morgan fingerprint density at radius 1 is 1.21 bits per heavy atom. The molecule has 0 fully saturated rings. The van der Waals surface area contributed by atoms with E-state index in [1.807, 2.05) is 12.1 Å². The van der Waals surface area contributed by atoms with Crippen molar-refractivity contribution in [2.45, 2.75) is 6.54 Å². The highest BCUT2D eigenvalue weighted by atomic mass is 127. The molecule has 0 aliphatic heterocycles. The summed E-state index contributed by atoms with van der Waals surface area (Å²) < 4.78 is 2.47. The summed E-state index contributed by atoms with van der Waals surface area (Å²) in [7, 11) is 0. The van der Waals surface area contributed by atoms with Gasteiger partial charge >= 0.3 is 5.97 Å². The SMILES string of the molecule is O=C(O)Cn1cccc1C(=O)Nc1ccc(I)cc1. The number of aliphatic carboxylic acids is 1. The van der Waals surface area contributed by atoms with Crippen LogP contribution in [0.4, 0.5) is 5.69 Å². The molecular formula is C13H11IN2O3. The van der Waals surface area contributed by atoms with Crippen LogP contribution >= 0.6 is 22.6 Å². The van der Waals surface area contributed by atoms with E-state index in [2.05, 4.69) is 27.9 Å². The Labute approximate surface area is 123 Å². The van der Waals surface area contributed by atoms with Crippen LogP contribution in [0.1, 0.15) is 10.5 Å². The largest absolute Gasteiger partial charge is 0.480 e. The number of nitrogens with zero attached hydrogens (tertiary/aromatic N) is 1. The number of hydrogen-bond donors (Lipinski definition) is 2. The molecule has 98 valence electrons. The topological polar surface area (TPSA) is 71.3 Å². The van der Waals surface area contributed by atoms with Crippen molar-refractivity contribution in [3.63, 3.8) is 0 Å². The van der Waals surface area contributed by atoms with Gasteiger partial charge in [-0.2, -0.15) is 0 Å². The number of amides is 1. The molecule has 1 aromatic carbocycles. The van der Waals surface area contributed by atoms with Gasteiger partial charge in [-0.05, 0) is 59.0 Å². The standard InChI is InChI=1S/C13H11IN2O3/c14-9-3-5-10(6-4-9)15-13(19)11-2-1-7-16(11)8-12(17)18/h1-7H,8H2,(H,15,19)(H,17,18). The van der Waals surface area contributed by atoms with E-state index in [9.17, 15) is 9.59 Å². The molecule has 0 aliphatic carbocycles. The van der Waals surface area contributed by atoms with Gasteiger partial charge in [-0.15, -0.1) is 0 Å². The van der Waals surface area contributed by atoms with Crippen molar-refractivity contribution in [3.05, 3.63) is 51.9 Å². The van der Waals surface area contributed by atoms with Crippen molar-refractivity contribution in [1.29, 1.82) is 0 Å². The van der Waals surface area contributed by atoms with Gasteiger partial charge in [0.15, 0.2) is 0 Å². The van der Waals surface area contributed by atoms with Gasteiger partial charge in [0, 0.05) is 15.5 Å². The Hall–Kier alpha value is -1.83. The summed E-state index contributed by atoms with van der Waals surface area (Å²) in [5.41, 5.74) is 0.995. The second-order valence-corrected chi connectivity index (χ2v) is 5.12. The number of hydrogen-bond acceptors (Lipinski definition) is 2. The Balaban J connectivity index is 2.14. The number of rotatable bonds is 4. The summed E-state index contributed by atoms with van der Waals surface area (Å²) in [5.74, 6) is -1.31. The number of carboxylic acid groups (broad SMARTS) is 1. The number of nitrogens with one attached hydrogen (secondary N) is 1. The second-order valence-electron chi connectivity index (χ2n) is 3.88. The second kappa shape index (κ2) is 5.87. The van der Waals surface area contributed by atoms with Crippen LogP contribution in [0, 0.1) is 3.57 Å². The van der Waals surface area contributed by atoms with Crippen LogP contribution in [-0.4, -0.2) is 21.6 Å². The normalized spacial score (nSPS) is 10.2. The molecule has 5 nitrogen and oxygen atoms in total. The van der Waals surface area contributed by atoms with Gasteiger partial charge < -0.3 is 15.0 Å². The first-order chi connectivity index (χ1) is 9.06. The highest BCUT2D eigenvalue weighted by molar-refractivity contribution is 14.1. The Bertz CT molecular complexity index is 605. The van der Waals surface area contributed by atoms with E-state index in [-0.39, 0.29) is 12.5 Å². The number of benzene rings is 1. The van der Waals surface area contributed by atoms with Gasteiger partial charge in [0.25, 0.3) is 5.91 Å². The molecule has 2 N–H and O–H groups in total. The summed E-state index contributed by atoms with van der Waals surface area (Å²) in [6.45, 7) is -0.234. The summed E-state index contributed by atoms with van der Waals surface area (Å²) in [5, 5.41) is 11.5. The third-order valence-corrected chi connectivity index (χ3v) is 3.19. The van der Waals surface area contributed by atoms with Crippen molar-refractivity contribution < 1.29 is 14.7 Å². The van der Waals surface area contributed by atoms with Crippen molar-refractivity contribution in [2.24, 2.45) is 0 Å². The van der Waals surface area contributed by atoms with Gasteiger partial charge in [-0.3, -0.25) is 9.59 Å². The number of anilines is 1. The molecule has 0 saturated heterocycles. The molecule has 0 spiro atoms. The Kier molecular flexibility index (Phi) is 4.20. The molecule has 2 rings (SSSR count). The van der Waals surface area contributed by atoms with Crippen LogP contribution in [0.15, 0.2) is 42.6 Å². The van der Waals surface area contributed by atoms with E-state index in [0.29, 0.717) is 11.4 Å². The van der Waals surface area contributed by atoms with Gasteiger partial charge in [0.2, 0.25) is 0 Å². The monoisotopic (exact) mass is 370 g/mol. The maximum Gasteiger partial charge on any atom is 0.323 e. The van der Waals surface area contributed by atoms with Crippen molar-refractivity contribution >= 4 is 40.2 Å². The molecule has 1 aromatic heterocycles. The van der Waals surface area contributed by atoms with E-state index >= 15 is 0 Å². The quantitative estimate of drug-likeness (QED) is 0.813. The van der Waals surface area contributed by atoms with E-state index in [1.54, 1.807) is 30.5 Å². The Morgan fingerprint density at radius 2 is 1.89 bits per heavy atom. The third kappa shape index (κ3) is 3.57. The zero-order chi connectivity index (χ0) is 13.8. The van der Waals surface area contributed by atoms with Crippen LogP contribution in [0.5, 0.6) is 0 Å². The van der Waals surface area contributed by atoms with E-state index in [4.69, 9.17) is 5.11 Å². The molecule has 2 aromatic rings. The smallest absolute Gasteiger partial charge is 0.323 e. The molecule has 0 saturated carbocycles. The molecule has 6 heteroatoms. The molecular weight excluding hydrogens is 359 g/mol. The van der Waals surface area contributed by atoms with E-state index < -0.39 is 5.97 Å². The predicted octanol–water partition coefficient (Wildman–Crippen LogP) is 2.43. The summed E-state index contributed by atoms with van der Waals surface area (Å²) in [6, 6.07) is 10.6. The fraction of sp³-hybridized carbons (Fsp3) is 0.0769. The molecule has 0 unspecified atom stereocenters. The van der Waals surface area contributed by atoms with Crippen LogP contribution < -0.4 is 5.32 Å². The minimum absolute atomic E-state index is 0.234. The molecule has 1 amide bonds. The minimum Gasteiger partial charge on any atom is -0.480 e. The van der Waals surface area contributed by atoms with Crippen LogP contribution in [-0.2, 0) is 11.3 Å². The third-order valence-electron chi connectivity index (χ3n) is 2.47. The lowest BCUT2D eigenvalue weighted by molar-refractivity contribution is -0.137. The number of carbonyl (C=O) groups is 2. The van der Waals surface area contributed by atoms with Crippen LogP contribution in [0.2, 0.25) is 0 Å². The van der Waals surface area contributed by atoms with Gasteiger partial charge in [-0.25, -0.2) is 0 Å². The zero-order valence-corrected chi connectivity index (χ0v) is 12.0. The summed E-state index contributed by atoms with van der Waals surface area (Å²) >= 11 is 2.18. The lowest BCUT2D eigenvalue weighted by Crippen LogP contribution is -2.19. The molecule has 1 heterocycles. The van der Waals surface area contributed by atoms with Crippen molar-refractivity contribution in [2.75, 3.05) is 5.32 Å². The van der Waals surface area contributed by atoms with Crippen LogP contribution in [0.3, 0.4) is 0 Å². The maximum atomic E-state index is 12.0.